The lowest BCUT2D eigenvalue weighted by molar-refractivity contribution is -0.137. The molecule has 2 heterocycles. The van der Waals surface area contributed by atoms with Gasteiger partial charge in [0.25, 0.3) is 0 Å². The third kappa shape index (κ3) is 5.01. The van der Waals surface area contributed by atoms with E-state index in [1.807, 2.05) is 6.92 Å². The van der Waals surface area contributed by atoms with Crippen LogP contribution in [0.1, 0.15) is 25.3 Å². The number of alkyl halides is 3. The van der Waals surface area contributed by atoms with E-state index in [2.05, 4.69) is 5.32 Å². The van der Waals surface area contributed by atoms with E-state index < -0.39 is 26.7 Å². The molecule has 2 atom stereocenters. The van der Waals surface area contributed by atoms with Gasteiger partial charge in [0, 0.05) is 32.8 Å². The number of nitrogens with zero attached hydrogens (tertiary/aromatic N) is 2. The zero-order chi connectivity index (χ0) is 21.2. The van der Waals surface area contributed by atoms with Crippen LogP contribution < -0.4 is 5.32 Å². The number of benzene rings is 1. The van der Waals surface area contributed by atoms with Crippen molar-refractivity contribution in [1.29, 1.82) is 0 Å². The van der Waals surface area contributed by atoms with Crippen molar-refractivity contribution < 1.29 is 31.1 Å². The molecular weight excluding hydrogens is 411 g/mol. The maximum Gasteiger partial charge on any atom is 0.416 e. The summed E-state index contributed by atoms with van der Waals surface area (Å²) in [7, 11) is -4.08. The minimum Gasteiger partial charge on any atom is -0.376 e. The number of hydrogen-bond acceptors (Lipinski definition) is 4. The quantitative estimate of drug-likeness (QED) is 0.787. The fraction of sp³-hybridized carbons (Fsp3) is 0.611. The molecule has 2 fully saturated rings. The predicted molar refractivity (Wildman–Crippen MR) is 98.7 cm³/mol. The highest BCUT2D eigenvalue weighted by molar-refractivity contribution is 7.89. The molecule has 2 saturated heterocycles. The Kier molecular flexibility index (Phi) is 6.39. The Hall–Kier alpha value is -1.85. The van der Waals surface area contributed by atoms with Crippen LogP contribution in [0.2, 0.25) is 0 Å². The molecule has 0 bridgehead atoms. The van der Waals surface area contributed by atoms with Crippen LogP contribution in [0.5, 0.6) is 0 Å². The Morgan fingerprint density at radius 3 is 2.52 bits per heavy atom. The van der Waals surface area contributed by atoms with Crippen molar-refractivity contribution in [1.82, 2.24) is 14.5 Å². The van der Waals surface area contributed by atoms with Crippen LogP contribution in [-0.2, 0) is 20.9 Å². The van der Waals surface area contributed by atoms with E-state index in [9.17, 15) is 26.4 Å². The lowest BCUT2D eigenvalue weighted by atomic mass is 10.1. The number of halogens is 3. The SMILES string of the molecule is CC(NC(=O)N1CCN(S(=O)(=O)c2cccc(C(F)(F)F)c2)CC1)C1CCCO1. The van der Waals surface area contributed by atoms with Crippen molar-refractivity contribution in [2.45, 2.75) is 43.0 Å². The molecular formula is C18H24F3N3O4S. The van der Waals surface area contributed by atoms with Crippen molar-refractivity contribution in [3.05, 3.63) is 29.8 Å². The van der Waals surface area contributed by atoms with Gasteiger partial charge in [-0.05, 0) is 38.0 Å². The fourth-order valence-electron chi connectivity index (χ4n) is 3.49. The van der Waals surface area contributed by atoms with Gasteiger partial charge in [-0.15, -0.1) is 0 Å². The second-order valence-electron chi connectivity index (χ2n) is 7.21. The monoisotopic (exact) mass is 435 g/mol. The molecule has 2 unspecified atom stereocenters. The zero-order valence-electron chi connectivity index (χ0n) is 16.0. The molecule has 1 N–H and O–H groups in total. The highest BCUT2D eigenvalue weighted by Crippen LogP contribution is 2.31. The van der Waals surface area contributed by atoms with Gasteiger partial charge in [-0.2, -0.15) is 17.5 Å². The summed E-state index contributed by atoms with van der Waals surface area (Å²) in [6.07, 6.45) is -2.81. The number of sulfonamides is 1. The molecule has 11 heteroatoms. The summed E-state index contributed by atoms with van der Waals surface area (Å²) in [6.45, 7) is 2.88. The lowest BCUT2D eigenvalue weighted by Crippen LogP contribution is -2.55. The smallest absolute Gasteiger partial charge is 0.376 e. The van der Waals surface area contributed by atoms with Gasteiger partial charge in [-0.3, -0.25) is 0 Å². The number of nitrogens with one attached hydrogen (secondary N) is 1. The first kappa shape index (κ1) is 21.8. The molecule has 2 aliphatic rings. The average molecular weight is 435 g/mol. The summed E-state index contributed by atoms with van der Waals surface area (Å²) in [6, 6.07) is 3.23. The molecule has 1 aromatic rings. The topological polar surface area (TPSA) is 79.0 Å². The highest BCUT2D eigenvalue weighted by atomic mass is 32.2. The van der Waals surface area contributed by atoms with E-state index >= 15 is 0 Å². The third-order valence-corrected chi connectivity index (χ3v) is 7.09. The molecule has 0 aromatic heterocycles. The Balaban J connectivity index is 1.60. The van der Waals surface area contributed by atoms with E-state index in [-0.39, 0.29) is 44.4 Å². The van der Waals surface area contributed by atoms with Gasteiger partial charge in [-0.1, -0.05) is 6.07 Å². The summed E-state index contributed by atoms with van der Waals surface area (Å²) in [5, 5.41) is 2.87. The maximum absolute atomic E-state index is 12.9. The number of piperazine rings is 1. The molecule has 0 saturated carbocycles. The number of hydrogen-bond donors (Lipinski definition) is 1. The highest BCUT2D eigenvalue weighted by Gasteiger charge is 2.35. The van der Waals surface area contributed by atoms with Gasteiger partial charge in [0.15, 0.2) is 0 Å². The normalized spacial score (nSPS) is 22.5. The minimum absolute atomic E-state index is 0.0142. The predicted octanol–water partition coefficient (Wildman–Crippen LogP) is 2.29. The van der Waals surface area contributed by atoms with Gasteiger partial charge in [0.05, 0.1) is 22.6 Å². The van der Waals surface area contributed by atoms with Crippen LogP contribution in [0.3, 0.4) is 0 Å². The Morgan fingerprint density at radius 2 is 1.93 bits per heavy atom. The molecule has 0 radical (unpaired) electrons. The number of rotatable bonds is 4. The second kappa shape index (κ2) is 8.49. The van der Waals surface area contributed by atoms with Crippen LogP contribution in [0, 0.1) is 0 Å². The molecule has 2 aliphatic heterocycles. The summed E-state index contributed by atoms with van der Waals surface area (Å²) in [5.74, 6) is 0. The van der Waals surface area contributed by atoms with Crippen molar-refractivity contribution in [2.75, 3.05) is 32.8 Å². The van der Waals surface area contributed by atoms with Crippen LogP contribution in [0.15, 0.2) is 29.2 Å². The summed E-state index contributed by atoms with van der Waals surface area (Å²) in [5.41, 5.74) is -1.01. The Morgan fingerprint density at radius 1 is 1.24 bits per heavy atom. The zero-order valence-corrected chi connectivity index (χ0v) is 16.8. The summed E-state index contributed by atoms with van der Waals surface area (Å²) < 4.78 is 70.7. The molecule has 0 aliphatic carbocycles. The maximum atomic E-state index is 12.9. The van der Waals surface area contributed by atoms with Gasteiger partial charge >= 0.3 is 12.2 Å². The first-order valence-corrected chi connectivity index (χ1v) is 10.9. The standard InChI is InChI=1S/C18H24F3N3O4S/c1-13(16-6-3-11-28-16)22-17(25)23-7-9-24(10-8-23)29(26,27)15-5-2-4-14(12-15)18(19,20)21/h2,4-5,12-13,16H,3,6-11H2,1H3,(H,22,25). The molecule has 2 amide bonds. The van der Waals surface area contributed by atoms with Crippen LogP contribution in [0.25, 0.3) is 0 Å². The van der Waals surface area contributed by atoms with Crippen molar-refractivity contribution in [2.24, 2.45) is 0 Å². The van der Waals surface area contributed by atoms with Crippen molar-refractivity contribution in [3.8, 4) is 0 Å². The molecule has 3 rings (SSSR count). The van der Waals surface area contributed by atoms with Crippen molar-refractivity contribution in [3.63, 3.8) is 0 Å². The Labute approximate surface area is 167 Å². The molecule has 1 aromatic carbocycles. The van der Waals surface area contributed by atoms with E-state index in [0.29, 0.717) is 12.7 Å². The number of carbonyl (C=O) groups is 1. The van der Waals surface area contributed by atoms with Crippen LogP contribution in [0.4, 0.5) is 18.0 Å². The number of carbonyl (C=O) groups excluding carboxylic acids is 1. The van der Waals surface area contributed by atoms with E-state index in [1.54, 1.807) is 0 Å². The molecule has 162 valence electrons. The fourth-order valence-corrected chi connectivity index (χ4v) is 4.96. The van der Waals surface area contributed by atoms with E-state index in [4.69, 9.17) is 4.74 Å². The first-order valence-electron chi connectivity index (χ1n) is 9.43. The minimum atomic E-state index is -4.62. The van der Waals surface area contributed by atoms with Crippen LogP contribution >= 0.6 is 0 Å². The second-order valence-corrected chi connectivity index (χ2v) is 9.14. The van der Waals surface area contributed by atoms with E-state index in [1.165, 1.54) is 4.90 Å². The third-order valence-electron chi connectivity index (χ3n) is 5.20. The van der Waals surface area contributed by atoms with Gasteiger partial charge in [-0.25, -0.2) is 13.2 Å². The summed E-state index contributed by atoms with van der Waals surface area (Å²) in [4.78, 5) is 13.5. The molecule has 29 heavy (non-hydrogen) atoms. The number of urea groups is 1. The first-order chi connectivity index (χ1) is 13.6. The summed E-state index contributed by atoms with van der Waals surface area (Å²) >= 11 is 0. The Bertz CT molecular complexity index is 833. The van der Waals surface area contributed by atoms with Gasteiger partial charge in [0.2, 0.25) is 10.0 Å². The molecule has 0 spiro atoms. The number of ether oxygens (including phenoxy) is 1. The van der Waals surface area contributed by atoms with Crippen LogP contribution in [-0.4, -0.2) is 68.6 Å². The number of amides is 2. The largest absolute Gasteiger partial charge is 0.416 e. The van der Waals surface area contributed by atoms with Gasteiger partial charge < -0.3 is 15.0 Å². The molecule has 7 nitrogen and oxygen atoms in total. The van der Waals surface area contributed by atoms with Crippen molar-refractivity contribution >= 4 is 16.1 Å². The average Bonchev–Trinajstić information content (AvgIpc) is 3.22. The lowest BCUT2D eigenvalue weighted by Gasteiger charge is -2.35. The van der Waals surface area contributed by atoms with E-state index in [0.717, 1.165) is 35.3 Å². The van der Waals surface area contributed by atoms with Gasteiger partial charge in [0.1, 0.15) is 0 Å².